The largest absolute Gasteiger partial charge is 0.492 e. The fraction of sp³-hybridized carbons (Fsp3) is 0.417. The first-order chi connectivity index (χ1) is 7.99. The third-order valence-electron chi connectivity index (χ3n) is 1.96. The number of thioether (sulfide) groups is 1. The smallest absolute Gasteiger partial charge is 0.151 e. The quantitative estimate of drug-likeness (QED) is 0.644. The first kappa shape index (κ1) is 14.4. The van der Waals surface area contributed by atoms with Crippen LogP contribution in [0.3, 0.4) is 0 Å². The van der Waals surface area contributed by atoms with Crippen LogP contribution in [0.2, 0.25) is 0 Å². The van der Waals surface area contributed by atoms with Crippen LogP contribution in [0.15, 0.2) is 22.7 Å². The Morgan fingerprint density at radius 1 is 1.53 bits per heavy atom. The third kappa shape index (κ3) is 5.46. The van der Waals surface area contributed by atoms with Crippen molar-refractivity contribution in [2.24, 2.45) is 11.7 Å². The molecule has 0 unspecified atom stereocenters. The Hall–Kier alpha value is -0.680. The van der Waals surface area contributed by atoms with Crippen molar-refractivity contribution in [1.29, 1.82) is 5.41 Å². The van der Waals surface area contributed by atoms with Gasteiger partial charge in [-0.15, -0.1) is 0 Å². The van der Waals surface area contributed by atoms with E-state index in [4.69, 9.17) is 15.9 Å². The van der Waals surface area contributed by atoms with Gasteiger partial charge in [0, 0.05) is 5.75 Å². The van der Waals surface area contributed by atoms with Gasteiger partial charge in [0.1, 0.15) is 5.75 Å². The summed E-state index contributed by atoms with van der Waals surface area (Å²) in [5.41, 5.74) is 6.42. The number of halogens is 1. The highest BCUT2D eigenvalue weighted by molar-refractivity contribution is 9.10. The van der Waals surface area contributed by atoms with Crippen molar-refractivity contribution in [1.82, 2.24) is 0 Å². The van der Waals surface area contributed by atoms with E-state index < -0.39 is 0 Å². The van der Waals surface area contributed by atoms with Gasteiger partial charge >= 0.3 is 0 Å². The van der Waals surface area contributed by atoms with Gasteiger partial charge < -0.3 is 10.5 Å². The van der Waals surface area contributed by atoms with E-state index in [1.54, 1.807) is 0 Å². The van der Waals surface area contributed by atoms with Crippen LogP contribution < -0.4 is 10.5 Å². The molecular formula is C12H17BrN2OS. The molecule has 0 bridgehead atoms. The second-order valence-corrected chi connectivity index (χ2v) is 5.99. The summed E-state index contributed by atoms with van der Waals surface area (Å²) in [6, 6.07) is 5.95. The summed E-state index contributed by atoms with van der Waals surface area (Å²) in [5.74, 6) is 2.07. The van der Waals surface area contributed by atoms with Crippen molar-refractivity contribution in [2.45, 2.75) is 19.6 Å². The van der Waals surface area contributed by atoms with Crippen molar-refractivity contribution < 1.29 is 4.74 Å². The fourth-order valence-corrected chi connectivity index (χ4v) is 2.21. The van der Waals surface area contributed by atoms with Crippen LogP contribution in [-0.4, -0.2) is 11.8 Å². The Labute approximate surface area is 115 Å². The average Bonchev–Trinajstić information content (AvgIpc) is 2.24. The number of ether oxygens (including phenoxy) is 1. The van der Waals surface area contributed by atoms with Crippen molar-refractivity contribution in [3.63, 3.8) is 0 Å². The van der Waals surface area contributed by atoms with Gasteiger partial charge in [-0.1, -0.05) is 31.7 Å². The number of nitrogens with two attached hydrogens (primary N) is 1. The molecule has 5 heteroatoms. The van der Waals surface area contributed by atoms with Gasteiger partial charge in [-0.3, -0.25) is 5.41 Å². The molecule has 0 radical (unpaired) electrons. The van der Waals surface area contributed by atoms with E-state index in [9.17, 15) is 0 Å². The monoisotopic (exact) mass is 316 g/mol. The topological polar surface area (TPSA) is 59.1 Å². The van der Waals surface area contributed by atoms with E-state index in [1.807, 2.05) is 18.2 Å². The molecule has 0 atom stereocenters. The van der Waals surface area contributed by atoms with E-state index >= 15 is 0 Å². The predicted octanol–water partition coefficient (Wildman–Crippen LogP) is 3.61. The van der Waals surface area contributed by atoms with Gasteiger partial charge in [0.15, 0.2) is 5.17 Å². The zero-order valence-electron chi connectivity index (χ0n) is 10.00. The Balaban J connectivity index is 2.62. The lowest BCUT2D eigenvalue weighted by Gasteiger charge is -2.11. The summed E-state index contributed by atoms with van der Waals surface area (Å²) in [4.78, 5) is 0. The molecule has 0 saturated heterocycles. The van der Waals surface area contributed by atoms with Gasteiger partial charge in [0.25, 0.3) is 0 Å². The molecule has 94 valence electrons. The van der Waals surface area contributed by atoms with Crippen LogP contribution in [0.1, 0.15) is 19.4 Å². The molecule has 0 fully saturated rings. The molecule has 0 aliphatic carbocycles. The van der Waals surface area contributed by atoms with Crippen LogP contribution in [-0.2, 0) is 5.75 Å². The standard InChI is InChI=1S/C12H17BrN2OS/c1-8(2)6-16-11-4-3-9(5-10(11)13)7-17-12(14)15/h3-5,8H,6-7H2,1-2H3,(H3,14,15). The first-order valence-corrected chi connectivity index (χ1v) is 7.15. The normalized spacial score (nSPS) is 10.6. The predicted molar refractivity (Wildman–Crippen MR) is 77.7 cm³/mol. The maximum Gasteiger partial charge on any atom is 0.151 e. The maximum absolute atomic E-state index is 7.16. The fourth-order valence-electron chi connectivity index (χ4n) is 1.17. The highest BCUT2D eigenvalue weighted by atomic mass is 79.9. The van der Waals surface area contributed by atoms with E-state index in [0.29, 0.717) is 18.3 Å². The number of amidine groups is 1. The van der Waals surface area contributed by atoms with Gasteiger partial charge in [-0.2, -0.15) is 0 Å². The van der Waals surface area contributed by atoms with Crippen molar-refractivity contribution in [3.05, 3.63) is 28.2 Å². The van der Waals surface area contributed by atoms with Gasteiger partial charge in [-0.25, -0.2) is 0 Å². The number of nitrogens with one attached hydrogen (secondary N) is 1. The summed E-state index contributed by atoms with van der Waals surface area (Å²) in [6.45, 7) is 4.94. The molecule has 1 aromatic rings. The lowest BCUT2D eigenvalue weighted by Crippen LogP contribution is -2.05. The molecule has 0 spiro atoms. The Bertz CT molecular complexity index is 396. The summed E-state index contributed by atoms with van der Waals surface area (Å²) in [6.07, 6.45) is 0. The molecule has 0 aliphatic heterocycles. The van der Waals surface area contributed by atoms with Crippen molar-refractivity contribution in [3.8, 4) is 5.75 Å². The minimum Gasteiger partial charge on any atom is -0.492 e. The minimum absolute atomic E-state index is 0.140. The lowest BCUT2D eigenvalue weighted by atomic mass is 10.2. The average molecular weight is 317 g/mol. The minimum atomic E-state index is 0.140. The van der Waals surface area contributed by atoms with E-state index in [-0.39, 0.29) is 5.17 Å². The van der Waals surface area contributed by atoms with Crippen LogP contribution in [0.4, 0.5) is 0 Å². The van der Waals surface area contributed by atoms with Crippen LogP contribution in [0.25, 0.3) is 0 Å². The Morgan fingerprint density at radius 2 is 2.24 bits per heavy atom. The number of hydrogen-bond donors (Lipinski definition) is 2. The van der Waals surface area contributed by atoms with Gasteiger partial charge in [-0.05, 0) is 39.5 Å². The molecule has 0 amide bonds. The van der Waals surface area contributed by atoms with Crippen molar-refractivity contribution in [2.75, 3.05) is 6.61 Å². The Morgan fingerprint density at radius 3 is 2.76 bits per heavy atom. The number of rotatable bonds is 5. The molecule has 3 N–H and O–H groups in total. The van der Waals surface area contributed by atoms with Crippen LogP contribution in [0, 0.1) is 11.3 Å². The summed E-state index contributed by atoms with van der Waals surface area (Å²) < 4.78 is 6.60. The number of hydrogen-bond acceptors (Lipinski definition) is 3. The Kier molecular flexibility index (Phi) is 5.85. The second-order valence-electron chi connectivity index (χ2n) is 4.12. The zero-order valence-corrected chi connectivity index (χ0v) is 12.4. The first-order valence-electron chi connectivity index (χ1n) is 5.37. The van der Waals surface area contributed by atoms with Gasteiger partial charge in [0.05, 0.1) is 11.1 Å². The third-order valence-corrected chi connectivity index (χ3v) is 3.37. The zero-order chi connectivity index (χ0) is 12.8. The molecule has 0 heterocycles. The summed E-state index contributed by atoms with van der Waals surface area (Å²) >= 11 is 4.80. The summed E-state index contributed by atoms with van der Waals surface area (Å²) in [7, 11) is 0. The molecule has 0 aromatic heterocycles. The molecule has 3 nitrogen and oxygen atoms in total. The molecule has 1 rings (SSSR count). The molecule has 1 aromatic carbocycles. The van der Waals surface area contributed by atoms with E-state index in [0.717, 1.165) is 15.8 Å². The maximum atomic E-state index is 7.16. The number of benzene rings is 1. The second kappa shape index (κ2) is 6.91. The molecular weight excluding hydrogens is 300 g/mol. The van der Waals surface area contributed by atoms with Gasteiger partial charge in [0.2, 0.25) is 0 Å². The molecule has 0 aliphatic rings. The highest BCUT2D eigenvalue weighted by Crippen LogP contribution is 2.27. The summed E-state index contributed by atoms with van der Waals surface area (Å²) in [5, 5.41) is 7.30. The highest BCUT2D eigenvalue weighted by Gasteiger charge is 2.04. The van der Waals surface area contributed by atoms with E-state index in [1.165, 1.54) is 11.8 Å². The van der Waals surface area contributed by atoms with Crippen LogP contribution >= 0.6 is 27.7 Å². The SMILES string of the molecule is CC(C)COc1ccc(CSC(=N)N)cc1Br. The molecule has 17 heavy (non-hydrogen) atoms. The van der Waals surface area contributed by atoms with Crippen molar-refractivity contribution >= 4 is 32.9 Å². The van der Waals surface area contributed by atoms with E-state index in [2.05, 4.69) is 29.8 Å². The van der Waals surface area contributed by atoms with Crippen LogP contribution in [0.5, 0.6) is 5.75 Å². The lowest BCUT2D eigenvalue weighted by molar-refractivity contribution is 0.269. The molecule has 0 saturated carbocycles.